The van der Waals surface area contributed by atoms with E-state index < -0.39 is 17.7 Å². The molecule has 0 saturated carbocycles. The first kappa shape index (κ1) is 13.7. The standard InChI is InChI=1S/C12H15N3O3/c1-2-7-14-11(17)12(18)15-9-6-4-3-5-8(9)10(13)16/h3-6H,2,7H2,1H3,(H2,13,16)(H,14,17)(H,15,18). The molecule has 0 saturated heterocycles. The third-order valence-corrected chi connectivity index (χ3v) is 2.18. The zero-order valence-electron chi connectivity index (χ0n) is 10.0. The van der Waals surface area contributed by atoms with Crippen molar-refractivity contribution >= 4 is 23.4 Å². The number of rotatable bonds is 4. The minimum Gasteiger partial charge on any atom is -0.366 e. The largest absolute Gasteiger partial charge is 0.366 e. The fourth-order valence-electron chi connectivity index (χ4n) is 1.30. The molecule has 1 aromatic rings. The fraction of sp³-hybridized carbons (Fsp3) is 0.250. The van der Waals surface area contributed by atoms with Gasteiger partial charge >= 0.3 is 11.8 Å². The van der Waals surface area contributed by atoms with Crippen LogP contribution in [0.5, 0.6) is 0 Å². The highest BCUT2D eigenvalue weighted by Gasteiger charge is 2.15. The van der Waals surface area contributed by atoms with E-state index >= 15 is 0 Å². The van der Waals surface area contributed by atoms with Crippen molar-refractivity contribution in [2.24, 2.45) is 5.73 Å². The summed E-state index contributed by atoms with van der Waals surface area (Å²) in [4.78, 5) is 34.0. The molecule has 4 N–H and O–H groups in total. The number of primary amides is 1. The lowest BCUT2D eigenvalue weighted by Crippen LogP contribution is -2.36. The van der Waals surface area contributed by atoms with Crippen LogP contribution < -0.4 is 16.4 Å². The van der Waals surface area contributed by atoms with Crippen molar-refractivity contribution in [1.82, 2.24) is 5.32 Å². The van der Waals surface area contributed by atoms with Gasteiger partial charge in [0.05, 0.1) is 11.3 Å². The van der Waals surface area contributed by atoms with E-state index in [0.29, 0.717) is 6.54 Å². The van der Waals surface area contributed by atoms with Crippen molar-refractivity contribution in [2.75, 3.05) is 11.9 Å². The Morgan fingerprint density at radius 3 is 2.44 bits per heavy atom. The Kier molecular flexibility index (Phi) is 4.86. The second-order valence-corrected chi connectivity index (χ2v) is 3.62. The smallest absolute Gasteiger partial charge is 0.313 e. The lowest BCUT2D eigenvalue weighted by Gasteiger charge is -2.08. The monoisotopic (exact) mass is 249 g/mol. The van der Waals surface area contributed by atoms with Gasteiger partial charge in [-0.05, 0) is 18.6 Å². The molecule has 18 heavy (non-hydrogen) atoms. The van der Waals surface area contributed by atoms with Gasteiger partial charge < -0.3 is 16.4 Å². The zero-order valence-corrected chi connectivity index (χ0v) is 10.0. The van der Waals surface area contributed by atoms with Gasteiger partial charge in [-0.3, -0.25) is 14.4 Å². The van der Waals surface area contributed by atoms with E-state index in [1.54, 1.807) is 12.1 Å². The van der Waals surface area contributed by atoms with Gasteiger partial charge in [0, 0.05) is 6.54 Å². The highest BCUT2D eigenvalue weighted by atomic mass is 16.2. The van der Waals surface area contributed by atoms with Gasteiger partial charge in [0.25, 0.3) is 5.91 Å². The van der Waals surface area contributed by atoms with Gasteiger partial charge in [-0.1, -0.05) is 19.1 Å². The zero-order chi connectivity index (χ0) is 13.5. The van der Waals surface area contributed by atoms with Gasteiger partial charge in [-0.25, -0.2) is 0 Å². The van der Waals surface area contributed by atoms with Crippen LogP contribution in [-0.4, -0.2) is 24.3 Å². The minimum absolute atomic E-state index is 0.161. The molecule has 0 aliphatic rings. The minimum atomic E-state index is -0.822. The van der Waals surface area contributed by atoms with Crippen molar-refractivity contribution in [3.63, 3.8) is 0 Å². The second kappa shape index (κ2) is 6.39. The first-order chi connectivity index (χ1) is 8.56. The fourth-order valence-corrected chi connectivity index (χ4v) is 1.30. The lowest BCUT2D eigenvalue weighted by atomic mass is 10.1. The second-order valence-electron chi connectivity index (χ2n) is 3.62. The molecule has 3 amide bonds. The molecule has 0 unspecified atom stereocenters. The molecule has 6 nitrogen and oxygen atoms in total. The molecule has 0 aliphatic heterocycles. The molecule has 0 spiro atoms. The summed E-state index contributed by atoms with van der Waals surface area (Å²) in [6.45, 7) is 2.30. The van der Waals surface area contributed by atoms with Crippen molar-refractivity contribution < 1.29 is 14.4 Å². The third-order valence-electron chi connectivity index (χ3n) is 2.18. The van der Waals surface area contributed by atoms with Gasteiger partial charge in [0.1, 0.15) is 0 Å². The molecular formula is C12H15N3O3. The number of nitrogens with one attached hydrogen (secondary N) is 2. The number of carbonyl (C=O) groups excluding carboxylic acids is 3. The number of anilines is 1. The van der Waals surface area contributed by atoms with Gasteiger partial charge in [-0.15, -0.1) is 0 Å². The normalized spacial score (nSPS) is 9.61. The molecule has 1 aromatic carbocycles. The first-order valence-corrected chi connectivity index (χ1v) is 5.54. The molecule has 1 rings (SSSR count). The molecule has 0 fully saturated rings. The van der Waals surface area contributed by atoms with Crippen molar-refractivity contribution in [1.29, 1.82) is 0 Å². The van der Waals surface area contributed by atoms with Crippen LogP contribution in [0.2, 0.25) is 0 Å². The summed E-state index contributed by atoms with van der Waals surface area (Å²) in [5, 5.41) is 4.78. The topological polar surface area (TPSA) is 101 Å². The summed E-state index contributed by atoms with van der Waals surface area (Å²) in [7, 11) is 0. The Hall–Kier alpha value is -2.37. The Morgan fingerprint density at radius 2 is 1.83 bits per heavy atom. The Morgan fingerprint density at radius 1 is 1.17 bits per heavy atom. The number of benzene rings is 1. The molecule has 0 heterocycles. The summed E-state index contributed by atoms with van der Waals surface area (Å²) in [5.41, 5.74) is 5.54. The summed E-state index contributed by atoms with van der Waals surface area (Å²) in [6, 6.07) is 6.23. The van der Waals surface area contributed by atoms with Crippen LogP contribution in [0.1, 0.15) is 23.7 Å². The van der Waals surface area contributed by atoms with Gasteiger partial charge in [0.15, 0.2) is 0 Å². The van der Waals surface area contributed by atoms with Crippen molar-refractivity contribution in [2.45, 2.75) is 13.3 Å². The molecule has 0 bridgehead atoms. The number of carbonyl (C=O) groups is 3. The summed E-state index contributed by atoms with van der Waals surface area (Å²) >= 11 is 0. The Balaban J connectivity index is 2.76. The summed E-state index contributed by atoms with van der Waals surface area (Å²) < 4.78 is 0. The van der Waals surface area contributed by atoms with Crippen LogP contribution in [-0.2, 0) is 9.59 Å². The SMILES string of the molecule is CCCNC(=O)C(=O)Nc1ccccc1C(N)=O. The molecular weight excluding hydrogens is 234 g/mol. The van der Waals surface area contributed by atoms with Crippen LogP contribution in [0.3, 0.4) is 0 Å². The van der Waals surface area contributed by atoms with Crippen LogP contribution in [0.25, 0.3) is 0 Å². The molecule has 0 aromatic heterocycles. The van der Waals surface area contributed by atoms with Crippen molar-refractivity contribution in [3.05, 3.63) is 29.8 Å². The van der Waals surface area contributed by atoms with E-state index in [2.05, 4.69) is 10.6 Å². The highest BCUT2D eigenvalue weighted by molar-refractivity contribution is 6.40. The number of amides is 3. The maximum Gasteiger partial charge on any atom is 0.313 e. The third kappa shape index (κ3) is 3.58. The molecule has 6 heteroatoms. The summed E-state index contributed by atoms with van der Waals surface area (Å²) in [6.07, 6.45) is 0.733. The molecule has 0 atom stereocenters. The predicted octanol–water partition coefficient (Wildman–Crippen LogP) is 0.250. The quantitative estimate of drug-likeness (QED) is 0.666. The predicted molar refractivity (Wildman–Crippen MR) is 66.9 cm³/mol. The first-order valence-electron chi connectivity index (χ1n) is 5.54. The maximum absolute atomic E-state index is 11.5. The van der Waals surface area contributed by atoms with Gasteiger partial charge in [0.2, 0.25) is 0 Å². The van der Waals surface area contributed by atoms with E-state index in [9.17, 15) is 14.4 Å². The number of hydrogen-bond acceptors (Lipinski definition) is 3. The summed E-state index contributed by atoms with van der Waals surface area (Å²) in [5.74, 6) is -2.23. The van der Waals surface area contributed by atoms with Gasteiger partial charge in [-0.2, -0.15) is 0 Å². The Labute approximate surface area is 105 Å². The van der Waals surface area contributed by atoms with E-state index in [0.717, 1.165) is 6.42 Å². The van der Waals surface area contributed by atoms with E-state index in [-0.39, 0.29) is 11.3 Å². The number of para-hydroxylation sites is 1. The Bertz CT molecular complexity index is 471. The maximum atomic E-state index is 11.5. The van der Waals surface area contributed by atoms with Crippen LogP contribution >= 0.6 is 0 Å². The lowest BCUT2D eigenvalue weighted by molar-refractivity contribution is -0.136. The molecule has 0 radical (unpaired) electrons. The molecule has 96 valence electrons. The van der Waals surface area contributed by atoms with Crippen LogP contribution in [0.4, 0.5) is 5.69 Å². The molecule has 0 aliphatic carbocycles. The van der Waals surface area contributed by atoms with E-state index in [1.165, 1.54) is 12.1 Å². The number of nitrogens with two attached hydrogens (primary N) is 1. The van der Waals surface area contributed by atoms with Crippen LogP contribution in [0, 0.1) is 0 Å². The average molecular weight is 249 g/mol. The van der Waals surface area contributed by atoms with Crippen molar-refractivity contribution in [3.8, 4) is 0 Å². The van der Waals surface area contributed by atoms with Crippen LogP contribution in [0.15, 0.2) is 24.3 Å². The van der Waals surface area contributed by atoms with E-state index in [1.807, 2.05) is 6.92 Å². The van der Waals surface area contributed by atoms with E-state index in [4.69, 9.17) is 5.73 Å². The highest BCUT2D eigenvalue weighted by Crippen LogP contribution is 2.13. The number of hydrogen-bond donors (Lipinski definition) is 3. The average Bonchev–Trinajstić information content (AvgIpc) is 2.36.